The van der Waals surface area contributed by atoms with Gasteiger partial charge in [0.15, 0.2) is 0 Å². The van der Waals surface area contributed by atoms with Gasteiger partial charge in [-0.2, -0.15) is 0 Å². The lowest BCUT2D eigenvalue weighted by molar-refractivity contribution is -0.0995. The minimum absolute atomic E-state index is 0.0752. The maximum Gasteiger partial charge on any atom is 0.0556 e. The standard InChI is InChI=1S/C11H23NO2/c1-8-6-11(4-5-13,10(3)12)7-9(2)14-8/h8-10,13H,4-7,12H2,1-3H3. The number of hydrogen-bond donors (Lipinski definition) is 2. The van der Waals surface area contributed by atoms with Gasteiger partial charge < -0.3 is 15.6 Å². The first-order valence-electron chi connectivity index (χ1n) is 5.52. The number of aliphatic hydroxyl groups excluding tert-OH is 1. The SMILES string of the molecule is CC1CC(CCO)(C(C)N)CC(C)O1. The van der Waals surface area contributed by atoms with Crippen LogP contribution in [0.25, 0.3) is 0 Å². The van der Waals surface area contributed by atoms with Gasteiger partial charge in [0.05, 0.1) is 12.2 Å². The quantitative estimate of drug-likeness (QED) is 0.723. The largest absolute Gasteiger partial charge is 0.396 e. The lowest BCUT2D eigenvalue weighted by Gasteiger charge is -2.45. The Morgan fingerprint density at radius 1 is 1.43 bits per heavy atom. The Balaban J connectivity index is 2.74. The third kappa shape index (κ3) is 2.47. The summed E-state index contributed by atoms with van der Waals surface area (Å²) in [6.45, 7) is 6.44. The molecule has 0 amide bonds. The van der Waals surface area contributed by atoms with Crippen LogP contribution in [0.2, 0.25) is 0 Å². The van der Waals surface area contributed by atoms with Crippen molar-refractivity contribution in [3.63, 3.8) is 0 Å². The molecule has 0 aliphatic carbocycles. The van der Waals surface area contributed by atoms with Gasteiger partial charge in [-0.3, -0.25) is 0 Å². The van der Waals surface area contributed by atoms with Crippen LogP contribution < -0.4 is 5.73 Å². The van der Waals surface area contributed by atoms with Gasteiger partial charge in [0.1, 0.15) is 0 Å². The molecule has 1 aliphatic heterocycles. The summed E-state index contributed by atoms with van der Waals surface area (Å²) in [6, 6.07) is 0.128. The van der Waals surface area contributed by atoms with Crippen molar-refractivity contribution in [3.05, 3.63) is 0 Å². The molecule has 0 aromatic rings. The molecule has 0 aromatic heterocycles. The Bertz CT molecular complexity index is 172. The maximum absolute atomic E-state index is 9.11. The van der Waals surface area contributed by atoms with Crippen molar-refractivity contribution >= 4 is 0 Å². The van der Waals surface area contributed by atoms with E-state index in [0.717, 1.165) is 19.3 Å². The molecular weight excluding hydrogens is 178 g/mol. The van der Waals surface area contributed by atoms with E-state index in [4.69, 9.17) is 15.6 Å². The van der Waals surface area contributed by atoms with Gasteiger partial charge in [0.2, 0.25) is 0 Å². The summed E-state index contributed by atoms with van der Waals surface area (Å²) in [4.78, 5) is 0. The van der Waals surface area contributed by atoms with Crippen molar-refractivity contribution in [1.82, 2.24) is 0 Å². The summed E-state index contributed by atoms with van der Waals surface area (Å²) < 4.78 is 5.70. The van der Waals surface area contributed by atoms with Crippen molar-refractivity contribution < 1.29 is 9.84 Å². The fraction of sp³-hybridized carbons (Fsp3) is 1.00. The number of nitrogens with two attached hydrogens (primary N) is 1. The zero-order chi connectivity index (χ0) is 10.8. The Hall–Kier alpha value is -0.120. The molecule has 1 fully saturated rings. The third-order valence-electron chi connectivity index (χ3n) is 3.43. The first-order valence-corrected chi connectivity index (χ1v) is 5.52. The number of rotatable bonds is 3. The summed E-state index contributed by atoms with van der Waals surface area (Å²) in [5, 5.41) is 9.11. The van der Waals surface area contributed by atoms with Gasteiger partial charge in [-0.1, -0.05) is 0 Å². The van der Waals surface area contributed by atoms with Crippen molar-refractivity contribution in [2.75, 3.05) is 6.61 Å². The normalized spacial score (nSPS) is 40.9. The van der Waals surface area contributed by atoms with Crippen LogP contribution in [0.3, 0.4) is 0 Å². The van der Waals surface area contributed by atoms with Crippen molar-refractivity contribution in [2.24, 2.45) is 11.1 Å². The summed E-state index contributed by atoms with van der Waals surface area (Å²) in [5.74, 6) is 0. The van der Waals surface area contributed by atoms with E-state index >= 15 is 0 Å². The number of aliphatic hydroxyl groups is 1. The van der Waals surface area contributed by atoms with Crippen LogP contribution in [-0.4, -0.2) is 30.0 Å². The number of hydrogen-bond acceptors (Lipinski definition) is 3. The van der Waals surface area contributed by atoms with E-state index in [1.54, 1.807) is 0 Å². The van der Waals surface area contributed by atoms with E-state index in [-0.39, 0.29) is 30.3 Å². The summed E-state index contributed by atoms with van der Waals surface area (Å²) in [7, 11) is 0. The monoisotopic (exact) mass is 201 g/mol. The van der Waals surface area contributed by atoms with Crippen LogP contribution in [0.5, 0.6) is 0 Å². The second-order valence-electron chi connectivity index (χ2n) is 4.79. The topological polar surface area (TPSA) is 55.5 Å². The molecule has 1 aliphatic rings. The molecule has 0 bridgehead atoms. The predicted octanol–water partition coefficient (Wildman–Crippen LogP) is 1.29. The first kappa shape index (κ1) is 12.0. The van der Waals surface area contributed by atoms with E-state index in [9.17, 15) is 0 Å². The van der Waals surface area contributed by atoms with E-state index in [1.165, 1.54) is 0 Å². The van der Waals surface area contributed by atoms with Gasteiger partial charge in [-0.05, 0) is 45.4 Å². The summed E-state index contributed by atoms with van der Waals surface area (Å²) in [5.41, 5.74) is 6.12. The first-order chi connectivity index (χ1) is 6.50. The highest BCUT2D eigenvalue weighted by Gasteiger charge is 2.40. The zero-order valence-electron chi connectivity index (χ0n) is 9.49. The molecule has 3 unspecified atom stereocenters. The molecular formula is C11H23NO2. The molecule has 3 N–H and O–H groups in total. The molecule has 3 nitrogen and oxygen atoms in total. The molecule has 1 rings (SSSR count). The van der Waals surface area contributed by atoms with E-state index in [0.29, 0.717) is 0 Å². The average Bonchev–Trinajstić information content (AvgIpc) is 2.02. The molecule has 0 aromatic carbocycles. The molecule has 14 heavy (non-hydrogen) atoms. The van der Waals surface area contributed by atoms with Crippen LogP contribution in [-0.2, 0) is 4.74 Å². The molecule has 84 valence electrons. The minimum Gasteiger partial charge on any atom is -0.396 e. The predicted molar refractivity (Wildman–Crippen MR) is 57.0 cm³/mol. The molecule has 1 heterocycles. The lowest BCUT2D eigenvalue weighted by Crippen LogP contribution is -2.48. The van der Waals surface area contributed by atoms with E-state index in [1.807, 2.05) is 6.92 Å². The Kier molecular flexibility index (Phi) is 3.93. The Morgan fingerprint density at radius 2 is 1.93 bits per heavy atom. The van der Waals surface area contributed by atoms with E-state index < -0.39 is 0 Å². The molecule has 3 heteroatoms. The Morgan fingerprint density at radius 3 is 2.29 bits per heavy atom. The molecule has 0 spiro atoms. The van der Waals surface area contributed by atoms with Crippen LogP contribution in [0.1, 0.15) is 40.0 Å². The molecule has 0 saturated carbocycles. The maximum atomic E-state index is 9.11. The summed E-state index contributed by atoms with van der Waals surface area (Å²) >= 11 is 0. The minimum atomic E-state index is 0.0752. The molecule has 1 saturated heterocycles. The molecule has 3 atom stereocenters. The zero-order valence-corrected chi connectivity index (χ0v) is 9.49. The van der Waals surface area contributed by atoms with E-state index in [2.05, 4.69) is 13.8 Å². The van der Waals surface area contributed by atoms with Crippen molar-refractivity contribution in [1.29, 1.82) is 0 Å². The van der Waals surface area contributed by atoms with Gasteiger partial charge in [0, 0.05) is 12.6 Å². The van der Waals surface area contributed by atoms with Gasteiger partial charge >= 0.3 is 0 Å². The van der Waals surface area contributed by atoms with Crippen LogP contribution in [0.15, 0.2) is 0 Å². The Labute approximate surface area is 86.6 Å². The van der Waals surface area contributed by atoms with Crippen molar-refractivity contribution in [2.45, 2.75) is 58.3 Å². The summed E-state index contributed by atoms with van der Waals surface area (Å²) in [6.07, 6.45) is 3.25. The van der Waals surface area contributed by atoms with Crippen LogP contribution >= 0.6 is 0 Å². The lowest BCUT2D eigenvalue weighted by atomic mass is 9.69. The molecule has 0 radical (unpaired) electrons. The van der Waals surface area contributed by atoms with Crippen LogP contribution in [0.4, 0.5) is 0 Å². The highest BCUT2D eigenvalue weighted by Crippen LogP contribution is 2.41. The highest BCUT2D eigenvalue weighted by atomic mass is 16.5. The number of ether oxygens (including phenoxy) is 1. The smallest absolute Gasteiger partial charge is 0.0556 e. The van der Waals surface area contributed by atoms with Crippen LogP contribution in [0, 0.1) is 5.41 Å². The van der Waals surface area contributed by atoms with Gasteiger partial charge in [0.25, 0.3) is 0 Å². The van der Waals surface area contributed by atoms with Gasteiger partial charge in [-0.15, -0.1) is 0 Å². The highest BCUT2D eigenvalue weighted by molar-refractivity contribution is 4.92. The fourth-order valence-corrected chi connectivity index (χ4v) is 2.75. The van der Waals surface area contributed by atoms with Crippen molar-refractivity contribution in [3.8, 4) is 0 Å². The second-order valence-corrected chi connectivity index (χ2v) is 4.79. The third-order valence-corrected chi connectivity index (χ3v) is 3.43. The average molecular weight is 201 g/mol. The fourth-order valence-electron chi connectivity index (χ4n) is 2.75. The van der Waals surface area contributed by atoms with Gasteiger partial charge in [-0.25, -0.2) is 0 Å². The second kappa shape index (κ2) is 4.60.